The van der Waals surface area contributed by atoms with Gasteiger partial charge in [-0.2, -0.15) is 5.10 Å². The molecule has 0 radical (unpaired) electrons. The Morgan fingerprint density at radius 1 is 1.44 bits per heavy atom. The lowest BCUT2D eigenvalue weighted by Crippen LogP contribution is -2.29. The lowest BCUT2D eigenvalue weighted by atomic mass is 10.2. The van der Waals surface area contributed by atoms with Gasteiger partial charge in [0.15, 0.2) is 0 Å². The number of amides is 1. The van der Waals surface area contributed by atoms with Crippen LogP contribution in [0.3, 0.4) is 0 Å². The quantitative estimate of drug-likeness (QED) is 0.743. The number of carbonyl (C=O) groups is 1. The number of rotatable bonds is 7. The highest BCUT2D eigenvalue weighted by Gasteiger charge is 2.16. The van der Waals surface area contributed by atoms with Crippen molar-refractivity contribution >= 4 is 5.91 Å². The first-order chi connectivity index (χ1) is 8.60. The van der Waals surface area contributed by atoms with E-state index in [0.717, 1.165) is 31.4 Å². The van der Waals surface area contributed by atoms with Gasteiger partial charge in [0.2, 0.25) is 0 Å². The van der Waals surface area contributed by atoms with Crippen LogP contribution in [0.2, 0.25) is 0 Å². The second-order valence-electron chi connectivity index (χ2n) is 4.51. The minimum atomic E-state index is 0.00805. The number of nitrogens with zero attached hydrogens (tertiary/aromatic N) is 3. The second-order valence-corrected chi connectivity index (χ2v) is 4.51. The van der Waals surface area contributed by atoms with Gasteiger partial charge in [-0.15, -0.1) is 0 Å². The predicted molar refractivity (Wildman–Crippen MR) is 70.5 cm³/mol. The molecule has 1 heterocycles. The standard InChI is InChI=1S/C13H23N3O2/c1-4-11-10-12(16(3)14-11)13(18)15(2)8-6-5-7-9-17/h10,17H,4-9H2,1-3H3. The van der Waals surface area contributed by atoms with Gasteiger partial charge < -0.3 is 10.0 Å². The van der Waals surface area contributed by atoms with E-state index in [1.165, 1.54) is 0 Å². The third kappa shape index (κ3) is 3.84. The van der Waals surface area contributed by atoms with Crippen molar-refractivity contribution < 1.29 is 9.90 Å². The zero-order chi connectivity index (χ0) is 13.5. The molecule has 5 heteroatoms. The highest BCUT2D eigenvalue weighted by molar-refractivity contribution is 5.92. The van der Waals surface area contributed by atoms with E-state index < -0.39 is 0 Å². The molecule has 1 amide bonds. The molecule has 0 saturated carbocycles. The molecule has 1 rings (SSSR count). The van der Waals surface area contributed by atoms with Crippen LogP contribution < -0.4 is 0 Å². The number of aliphatic hydroxyl groups is 1. The Bertz CT molecular complexity index is 388. The topological polar surface area (TPSA) is 58.4 Å². The Kier molecular flexibility index (Phi) is 5.85. The summed E-state index contributed by atoms with van der Waals surface area (Å²) in [5.74, 6) is 0.00805. The van der Waals surface area contributed by atoms with Crippen LogP contribution >= 0.6 is 0 Å². The van der Waals surface area contributed by atoms with Crippen LogP contribution in [-0.2, 0) is 13.5 Å². The van der Waals surface area contributed by atoms with Gasteiger partial charge in [0.05, 0.1) is 5.69 Å². The normalized spacial score (nSPS) is 10.7. The Labute approximate surface area is 108 Å². The highest BCUT2D eigenvalue weighted by atomic mass is 16.2. The molecule has 1 aromatic rings. The van der Waals surface area contributed by atoms with Gasteiger partial charge in [-0.1, -0.05) is 6.92 Å². The van der Waals surface area contributed by atoms with Crippen LogP contribution in [0.15, 0.2) is 6.07 Å². The van der Waals surface area contributed by atoms with Crippen LogP contribution in [-0.4, -0.2) is 45.9 Å². The van der Waals surface area contributed by atoms with E-state index in [1.807, 2.05) is 13.0 Å². The molecule has 5 nitrogen and oxygen atoms in total. The summed E-state index contributed by atoms with van der Waals surface area (Å²) in [7, 11) is 3.60. The summed E-state index contributed by atoms with van der Waals surface area (Å²) in [6, 6.07) is 1.85. The molecule has 0 spiro atoms. The maximum Gasteiger partial charge on any atom is 0.271 e. The predicted octanol–water partition coefficient (Wildman–Crippen LogP) is 1.22. The van der Waals surface area contributed by atoms with E-state index in [2.05, 4.69) is 5.10 Å². The van der Waals surface area contributed by atoms with Crippen LogP contribution in [0.4, 0.5) is 0 Å². The molecular formula is C13H23N3O2. The Morgan fingerprint density at radius 2 is 2.17 bits per heavy atom. The lowest BCUT2D eigenvalue weighted by molar-refractivity contribution is 0.0781. The third-order valence-electron chi connectivity index (χ3n) is 3.01. The van der Waals surface area contributed by atoms with E-state index in [0.29, 0.717) is 12.2 Å². The van der Waals surface area contributed by atoms with Crippen molar-refractivity contribution in [2.24, 2.45) is 7.05 Å². The Morgan fingerprint density at radius 3 is 2.72 bits per heavy atom. The van der Waals surface area contributed by atoms with Gasteiger partial charge in [-0.25, -0.2) is 0 Å². The minimum Gasteiger partial charge on any atom is -0.396 e. The van der Waals surface area contributed by atoms with Crippen molar-refractivity contribution in [1.29, 1.82) is 0 Å². The molecule has 18 heavy (non-hydrogen) atoms. The SMILES string of the molecule is CCc1cc(C(=O)N(C)CCCCCO)n(C)n1. The molecular weight excluding hydrogens is 230 g/mol. The first kappa shape index (κ1) is 14.7. The molecule has 102 valence electrons. The van der Waals surface area contributed by atoms with E-state index in [9.17, 15) is 4.79 Å². The van der Waals surface area contributed by atoms with Gasteiger partial charge in [0.1, 0.15) is 5.69 Å². The highest BCUT2D eigenvalue weighted by Crippen LogP contribution is 2.08. The first-order valence-corrected chi connectivity index (χ1v) is 6.49. The summed E-state index contributed by atoms with van der Waals surface area (Å²) < 4.78 is 1.64. The van der Waals surface area contributed by atoms with Crippen LogP contribution in [0.25, 0.3) is 0 Å². The maximum atomic E-state index is 12.2. The molecule has 1 aromatic heterocycles. The molecule has 0 fully saturated rings. The van der Waals surface area contributed by atoms with Crippen molar-refractivity contribution in [2.75, 3.05) is 20.2 Å². The molecule has 0 aliphatic carbocycles. The van der Waals surface area contributed by atoms with Gasteiger partial charge in [0.25, 0.3) is 5.91 Å². The first-order valence-electron chi connectivity index (χ1n) is 6.49. The molecule has 0 aliphatic heterocycles. The number of aliphatic hydroxyl groups excluding tert-OH is 1. The summed E-state index contributed by atoms with van der Waals surface area (Å²) in [4.78, 5) is 13.9. The molecule has 1 N–H and O–H groups in total. The van der Waals surface area contributed by atoms with Gasteiger partial charge in [-0.05, 0) is 31.7 Å². The molecule has 0 aromatic carbocycles. The van der Waals surface area contributed by atoms with Crippen molar-refractivity contribution in [2.45, 2.75) is 32.6 Å². The fraction of sp³-hybridized carbons (Fsp3) is 0.692. The van der Waals surface area contributed by atoms with E-state index in [4.69, 9.17) is 5.11 Å². The number of aryl methyl sites for hydroxylation is 2. The molecule has 0 aliphatic rings. The van der Waals surface area contributed by atoms with Gasteiger partial charge >= 0.3 is 0 Å². The van der Waals surface area contributed by atoms with Crippen molar-refractivity contribution in [3.63, 3.8) is 0 Å². The summed E-state index contributed by atoms with van der Waals surface area (Å²) in [5, 5.41) is 13.0. The number of unbranched alkanes of at least 4 members (excludes halogenated alkanes) is 2. The fourth-order valence-corrected chi connectivity index (χ4v) is 1.83. The van der Waals surface area contributed by atoms with Crippen molar-refractivity contribution in [3.05, 3.63) is 17.5 Å². The van der Waals surface area contributed by atoms with Gasteiger partial charge in [-0.3, -0.25) is 9.48 Å². The third-order valence-corrected chi connectivity index (χ3v) is 3.01. The van der Waals surface area contributed by atoms with Crippen LogP contribution in [0.1, 0.15) is 42.4 Å². The lowest BCUT2D eigenvalue weighted by Gasteiger charge is -2.16. The number of hydrogen-bond acceptors (Lipinski definition) is 3. The summed E-state index contributed by atoms with van der Waals surface area (Å²) in [5.41, 5.74) is 1.58. The van der Waals surface area contributed by atoms with Crippen LogP contribution in [0, 0.1) is 0 Å². The zero-order valence-corrected chi connectivity index (χ0v) is 11.5. The number of hydrogen-bond donors (Lipinski definition) is 1. The molecule has 0 saturated heterocycles. The smallest absolute Gasteiger partial charge is 0.271 e. The van der Waals surface area contributed by atoms with Crippen LogP contribution in [0.5, 0.6) is 0 Å². The summed E-state index contributed by atoms with van der Waals surface area (Å²) >= 11 is 0. The monoisotopic (exact) mass is 253 g/mol. The second kappa shape index (κ2) is 7.16. The number of carbonyl (C=O) groups excluding carboxylic acids is 1. The van der Waals surface area contributed by atoms with E-state index in [-0.39, 0.29) is 12.5 Å². The average Bonchev–Trinajstić information content (AvgIpc) is 2.74. The average molecular weight is 253 g/mol. The van der Waals surface area contributed by atoms with E-state index >= 15 is 0 Å². The maximum absolute atomic E-state index is 12.2. The van der Waals surface area contributed by atoms with E-state index in [1.54, 1.807) is 23.7 Å². The fourth-order valence-electron chi connectivity index (χ4n) is 1.83. The zero-order valence-electron chi connectivity index (χ0n) is 11.5. The Balaban J connectivity index is 2.54. The molecule has 0 unspecified atom stereocenters. The van der Waals surface area contributed by atoms with Gasteiger partial charge in [0, 0.05) is 27.2 Å². The summed E-state index contributed by atoms with van der Waals surface area (Å²) in [6.07, 6.45) is 3.50. The minimum absolute atomic E-state index is 0.00805. The number of aromatic nitrogens is 2. The Hall–Kier alpha value is -1.36. The molecule has 0 atom stereocenters. The molecule has 0 bridgehead atoms. The summed E-state index contributed by atoms with van der Waals surface area (Å²) in [6.45, 7) is 2.96. The van der Waals surface area contributed by atoms with Crippen molar-refractivity contribution in [3.8, 4) is 0 Å². The van der Waals surface area contributed by atoms with Crippen molar-refractivity contribution in [1.82, 2.24) is 14.7 Å². The largest absolute Gasteiger partial charge is 0.396 e.